The summed E-state index contributed by atoms with van der Waals surface area (Å²) in [7, 11) is 0. The summed E-state index contributed by atoms with van der Waals surface area (Å²) in [6, 6.07) is 5.68. The van der Waals surface area contributed by atoms with E-state index in [-0.39, 0.29) is 11.9 Å². The van der Waals surface area contributed by atoms with Crippen molar-refractivity contribution in [2.24, 2.45) is 5.92 Å². The number of benzene rings is 1. The van der Waals surface area contributed by atoms with Crippen molar-refractivity contribution in [2.75, 3.05) is 6.54 Å². The van der Waals surface area contributed by atoms with Gasteiger partial charge in [-0.05, 0) is 49.1 Å². The average molecular weight is 265 g/mol. The van der Waals surface area contributed by atoms with Crippen molar-refractivity contribution >= 4 is 0 Å². The maximum absolute atomic E-state index is 13.6. The molecule has 1 nitrogen and oxygen atoms in total. The number of hydrogen-bond acceptors (Lipinski definition) is 1. The molecule has 19 heavy (non-hydrogen) atoms. The SMILES string of the molecule is CCCCC(CC)C(NCC)c1cc(C)cc(F)c1. The Balaban J connectivity index is 2.96. The number of hydrogen-bond donors (Lipinski definition) is 1. The van der Waals surface area contributed by atoms with Crippen molar-refractivity contribution in [3.05, 3.63) is 35.1 Å². The molecule has 108 valence electrons. The first kappa shape index (κ1) is 16.2. The van der Waals surface area contributed by atoms with Crippen molar-refractivity contribution in [1.29, 1.82) is 0 Å². The van der Waals surface area contributed by atoms with Crippen molar-refractivity contribution in [3.63, 3.8) is 0 Å². The lowest BCUT2D eigenvalue weighted by atomic mass is 9.86. The van der Waals surface area contributed by atoms with Crippen LogP contribution < -0.4 is 5.32 Å². The van der Waals surface area contributed by atoms with E-state index in [1.165, 1.54) is 19.3 Å². The van der Waals surface area contributed by atoms with Crippen LogP contribution in [0, 0.1) is 18.7 Å². The highest BCUT2D eigenvalue weighted by Crippen LogP contribution is 2.30. The molecule has 0 heterocycles. The zero-order valence-electron chi connectivity index (χ0n) is 12.8. The van der Waals surface area contributed by atoms with Crippen LogP contribution in [0.1, 0.15) is 63.6 Å². The fourth-order valence-electron chi connectivity index (χ4n) is 2.79. The maximum Gasteiger partial charge on any atom is 0.123 e. The van der Waals surface area contributed by atoms with Gasteiger partial charge in [0.1, 0.15) is 5.82 Å². The Morgan fingerprint density at radius 1 is 1.16 bits per heavy atom. The highest BCUT2D eigenvalue weighted by molar-refractivity contribution is 5.26. The van der Waals surface area contributed by atoms with Gasteiger partial charge < -0.3 is 5.32 Å². The van der Waals surface area contributed by atoms with E-state index < -0.39 is 0 Å². The van der Waals surface area contributed by atoms with Gasteiger partial charge in [-0.2, -0.15) is 0 Å². The van der Waals surface area contributed by atoms with Gasteiger partial charge >= 0.3 is 0 Å². The molecular formula is C17H28FN. The zero-order valence-corrected chi connectivity index (χ0v) is 12.8. The molecule has 0 saturated heterocycles. The molecule has 1 N–H and O–H groups in total. The molecule has 2 heteroatoms. The Hall–Kier alpha value is -0.890. The van der Waals surface area contributed by atoms with Crippen LogP contribution in [0.2, 0.25) is 0 Å². The minimum absolute atomic E-state index is 0.122. The van der Waals surface area contributed by atoms with Crippen molar-refractivity contribution in [3.8, 4) is 0 Å². The first-order valence-electron chi connectivity index (χ1n) is 7.62. The topological polar surface area (TPSA) is 12.0 Å². The molecule has 1 aromatic carbocycles. The molecule has 0 spiro atoms. The van der Waals surface area contributed by atoms with E-state index in [0.717, 1.165) is 24.1 Å². The van der Waals surface area contributed by atoms with E-state index in [9.17, 15) is 4.39 Å². The predicted molar refractivity (Wildman–Crippen MR) is 80.9 cm³/mol. The van der Waals surface area contributed by atoms with Gasteiger partial charge in [0.25, 0.3) is 0 Å². The monoisotopic (exact) mass is 265 g/mol. The van der Waals surface area contributed by atoms with Crippen LogP contribution in [0.3, 0.4) is 0 Å². The van der Waals surface area contributed by atoms with E-state index >= 15 is 0 Å². The minimum Gasteiger partial charge on any atom is -0.310 e. The second-order valence-electron chi connectivity index (χ2n) is 5.41. The van der Waals surface area contributed by atoms with Gasteiger partial charge in [0.15, 0.2) is 0 Å². The first-order valence-corrected chi connectivity index (χ1v) is 7.62. The van der Waals surface area contributed by atoms with Crippen LogP contribution in [0.25, 0.3) is 0 Å². The second kappa shape index (κ2) is 8.31. The summed E-state index contributed by atoms with van der Waals surface area (Å²) >= 11 is 0. The molecule has 0 bridgehead atoms. The number of nitrogens with one attached hydrogen (secondary N) is 1. The lowest BCUT2D eigenvalue weighted by Crippen LogP contribution is -2.28. The minimum atomic E-state index is -0.122. The lowest BCUT2D eigenvalue weighted by Gasteiger charge is -2.28. The Bertz CT molecular complexity index is 355. The number of halogens is 1. The average Bonchev–Trinajstić information content (AvgIpc) is 2.37. The normalized spacial score (nSPS) is 14.4. The van der Waals surface area contributed by atoms with Crippen LogP contribution in [0.15, 0.2) is 18.2 Å². The van der Waals surface area contributed by atoms with Crippen LogP contribution in [-0.2, 0) is 0 Å². The summed E-state index contributed by atoms with van der Waals surface area (Å²) in [5.41, 5.74) is 2.10. The van der Waals surface area contributed by atoms with Crippen molar-refractivity contribution < 1.29 is 4.39 Å². The summed E-state index contributed by atoms with van der Waals surface area (Å²) < 4.78 is 13.6. The Kier molecular flexibility index (Phi) is 7.07. The summed E-state index contributed by atoms with van der Waals surface area (Å²) in [6.07, 6.45) is 4.81. The van der Waals surface area contributed by atoms with E-state index in [1.807, 2.05) is 6.92 Å². The molecule has 0 aliphatic carbocycles. The predicted octanol–water partition coefficient (Wildman–Crippen LogP) is 5.00. The van der Waals surface area contributed by atoms with E-state index in [4.69, 9.17) is 0 Å². The van der Waals surface area contributed by atoms with Crippen LogP contribution in [0.4, 0.5) is 4.39 Å². The van der Waals surface area contributed by atoms with Gasteiger partial charge in [-0.1, -0.05) is 46.1 Å². The Labute approximate surface area is 117 Å². The molecule has 2 atom stereocenters. The molecule has 0 radical (unpaired) electrons. The summed E-state index contributed by atoms with van der Waals surface area (Å²) in [5, 5.41) is 3.55. The molecule has 1 rings (SSSR count). The largest absolute Gasteiger partial charge is 0.310 e. The third-order valence-corrected chi connectivity index (χ3v) is 3.77. The fraction of sp³-hybridized carbons (Fsp3) is 0.647. The molecule has 0 saturated carbocycles. The summed E-state index contributed by atoms with van der Waals surface area (Å²) in [6.45, 7) is 9.45. The quantitative estimate of drug-likeness (QED) is 0.697. The van der Waals surface area contributed by atoms with Gasteiger partial charge in [0, 0.05) is 6.04 Å². The van der Waals surface area contributed by atoms with Gasteiger partial charge in [0.2, 0.25) is 0 Å². The van der Waals surface area contributed by atoms with Gasteiger partial charge in [-0.3, -0.25) is 0 Å². The molecule has 0 fully saturated rings. The van der Waals surface area contributed by atoms with Crippen molar-refractivity contribution in [1.82, 2.24) is 5.32 Å². The van der Waals surface area contributed by atoms with E-state index in [2.05, 4.69) is 32.2 Å². The smallest absolute Gasteiger partial charge is 0.123 e. The standard InChI is InChI=1S/C17H28FN/c1-5-8-9-14(6-2)17(19-7-3)15-10-13(4)11-16(18)12-15/h10-12,14,17,19H,5-9H2,1-4H3. The van der Waals surface area contributed by atoms with E-state index in [1.54, 1.807) is 12.1 Å². The fourth-order valence-corrected chi connectivity index (χ4v) is 2.79. The Morgan fingerprint density at radius 2 is 1.89 bits per heavy atom. The third kappa shape index (κ3) is 4.94. The summed E-state index contributed by atoms with van der Waals surface area (Å²) in [5.74, 6) is 0.462. The number of rotatable bonds is 8. The second-order valence-corrected chi connectivity index (χ2v) is 5.41. The molecular weight excluding hydrogens is 237 g/mol. The van der Waals surface area contributed by atoms with Gasteiger partial charge in [0.05, 0.1) is 0 Å². The Morgan fingerprint density at radius 3 is 2.42 bits per heavy atom. The molecule has 2 unspecified atom stereocenters. The highest BCUT2D eigenvalue weighted by atomic mass is 19.1. The summed E-state index contributed by atoms with van der Waals surface area (Å²) in [4.78, 5) is 0. The van der Waals surface area contributed by atoms with Crippen LogP contribution >= 0.6 is 0 Å². The molecule has 0 aromatic heterocycles. The first-order chi connectivity index (χ1) is 9.12. The van der Waals surface area contributed by atoms with Gasteiger partial charge in [-0.25, -0.2) is 4.39 Å². The van der Waals surface area contributed by atoms with Crippen molar-refractivity contribution in [2.45, 2.75) is 59.4 Å². The molecule has 0 amide bonds. The van der Waals surface area contributed by atoms with E-state index in [0.29, 0.717) is 5.92 Å². The number of unbranched alkanes of at least 4 members (excludes halogenated alkanes) is 1. The lowest BCUT2D eigenvalue weighted by molar-refractivity contribution is 0.327. The zero-order chi connectivity index (χ0) is 14.3. The molecule has 1 aromatic rings. The third-order valence-electron chi connectivity index (χ3n) is 3.77. The number of aryl methyl sites for hydroxylation is 1. The van der Waals surface area contributed by atoms with Gasteiger partial charge in [-0.15, -0.1) is 0 Å². The van der Waals surface area contributed by atoms with Crippen LogP contribution in [-0.4, -0.2) is 6.54 Å². The van der Waals surface area contributed by atoms with Crippen LogP contribution in [0.5, 0.6) is 0 Å². The molecule has 0 aliphatic rings. The maximum atomic E-state index is 13.6. The highest BCUT2D eigenvalue weighted by Gasteiger charge is 2.21. The molecule has 0 aliphatic heterocycles.